The van der Waals surface area contributed by atoms with Gasteiger partial charge < -0.3 is 10.1 Å². The van der Waals surface area contributed by atoms with Crippen LogP contribution in [0.3, 0.4) is 0 Å². The van der Waals surface area contributed by atoms with Gasteiger partial charge in [0.25, 0.3) is 0 Å². The Morgan fingerprint density at radius 3 is 2.67 bits per heavy atom. The Bertz CT molecular complexity index is 405. The highest BCUT2D eigenvalue weighted by Gasteiger charge is 2.31. The number of benzene rings is 1. The van der Waals surface area contributed by atoms with Gasteiger partial charge in [0.1, 0.15) is 5.75 Å². The SMILES string of the molecule is CN(Cc1cccc(OC(F)(F)F)c1)C1CNC1. The van der Waals surface area contributed by atoms with Gasteiger partial charge in [-0.3, -0.25) is 4.90 Å². The lowest BCUT2D eigenvalue weighted by Crippen LogP contribution is -2.55. The molecule has 1 aromatic carbocycles. The van der Waals surface area contributed by atoms with Gasteiger partial charge in [0, 0.05) is 25.7 Å². The number of nitrogens with zero attached hydrogens (tertiary/aromatic N) is 1. The predicted octanol–water partition coefficient (Wildman–Crippen LogP) is 1.99. The van der Waals surface area contributed by atoms with Crippen LogP contribution in [0.4, 0.5) is 13.2 Å². The van der Waals surface area contributed by atoms with Crippen molar-refractivity contribution in [2.75, 3.05) is 20.1 Å². The molecule has 1 fully saturated rings. The molecule has 0 bridgehead atoms. The first kappa shape index (κ1) is 13.2. The zero-order valence-corrected chi connectivity index (χ0v) is 10.00. The summed E-state index contributed by atoms with van der Waals surface area (Å²) in [6, 6.07) is 6.56. The molecule has 0 saturated carbocycles. The number of rotatable bonds is 4. The second-order valence-electron chi connectivity index (χ2n) is 4.42. The van der Waals surface area contributed by atoms with E-state index in [0.29, 0.717) is 12.6 Å². The molecule has 0 spiro atoms. The van der Waals surface area contributed by atoms with Crippen molar-refractivity contribution in [3.05, 3.63) is 29.8 Å². The van der Waals surface area contributed by atoms with Crippen LogP contribution in [0.5, 0.6) is 5.75 Å². The summed E-state index contributed by atoms with van der Waals surface area (Å²) in [6.45, 7) is 2.46. The Morgan fingerprint density at radius 1 is 1.39 bits per heavy atom. The van der Waals surface area contributed by atoms with Crippen LogP contribution in [-0.4, -0.2) is 37.4 Å². The van der Waals surface area contributed by atoms with E-state index in [4.69, 9.17) is 0 Å². The second kappa shape index (κ2) is 5.16. The molecule has 1 aliphatic rings. The maximum absolute atomic E-state index is 12.1. The van der Waals surface area contributed by atoms with Crippen molar-refractivity contribution in [3.8, 4) is 5.75 Å². The topological polar surface area (TPSA) is 24.5 Å². The summed E-state index contributed by atoms with van der Waals surface area (Å²) in [5.41, 5.74) is 0.811. The molecule has 3 nitrogen and oxygen atoms in total. The number of ether oxygens (including phenoxy) is 1. The summed E-state index contributed by atoms with van der Waals surface area (Å²) in [6.07, 6.45) is -4.64. The van der Waals surface area contributed by atoms with E-state index < -0.39 is 6.36 Å². The standard InChI is InChI=1S/C12H15F3N2O/c1-17(10-6-16-7-10)8-9-3-2-4-11(5-9)18-12(13,14)15/h2-5,10,16H,6-8H2,1H3. The molecule has 0 atom stereocenters. The van der Waals surface area contributed by atoms with Crippen molar-refractivity contribution in [2.45, 2.75) is 18.9 Å². The van der Waals surface area contributed by atoms with Crippen LogP contribution >= 0.6 is 0 Å². The minimum atomic E-state index is -4.64. The third-order valence-corrected chi connectivity index (χ3v) is 2.95. The van der Waals surface area contributed by atoms with Gasteiger partial charge in [-0.15, -0.1) is 13.2 Å². The summed E-state index contributed by atoms with van der Waals surface area (Å²) in [5.74, 6) is -0.167. The van der Waals surface area contributed by atoms with Gasteiger partial charge in [-0.1, -0.05) is 12.1 Å². The number of halogens is 3. The van der Waals surface area contributed by atoms with E-state index in [1.165, 1.54) is 12.1 Å². The molecule has 0 amide bonds. The summed E-state index contributed by atoms with van der Waals surface area (Å²) in [5, 5.41) is 3.16. The Kier molecular flexibility index (Phi) is 3.77. The summed E-state index contributed by atoms with van der Waals surface area (Å²) < 4.78 is 40.2. The van der Waals surface area contributed by atoms with E-state index in [1.54, 1.807) is 12.1 Å². The van der Waals surface area contributed by atoms with Crippen molar-refractivity contribution < 1.29 is 17.9 Å². The maximum atomic E-state index is 12.1. The molecule has 18 heavy (non-hydrogen) atoms. The molecule has 1 N–H and O–H groups in total. The molecule has 0 aromatic heterocycles. The Morgan fingerprint density at radius 2 is 2.11 bits per heavy atom. The zero-order chi connectivity index (χ0) is 13.2. The van der Waals surface area contributed by atoms with Gasteiger partial charge in [-0.05, 0) is 24.7 Å². The minimum absolute atomic E-state index is 0.167. The van der Waals surface area contributed by atoms with E-state index in [9.17, 15) is 13.2 Å². The number of hydrogen-bond acceptors (Lipinski definition) is 3. The predicted molar refractivity (Wildman–Crippen MR) is 61.2 cm³/mol. The smallest absolute Gasteiger partial charge is 0.406 e. The highest BCUT2D eigenvalue weighted by molar-refractivity contribution is 5.28. The molecule has 0 radical (unpaired) electrons. The van der Waals surface area contributed by atoms with E-state index in [2.05, 4.69) is 15.0 Å². The van der Waals surface area contributed by atoms with Crippen LogP contribution in [0.15, 0.2) is 24.3 Å². The van der Waals surface area contributed by atoms with Crippen LogP contribution in [0.2, 0.25) is 0 Å². The molecule has 1 aliphatic heterocycles. The average Bonchev–Trinajstić information content (AvgIpc) is 2.11. The average molecular weight is 260 g/mol. The van der Waals surface area contributed by atoms with E-state index >= 15 is 0 Å². The lowest BCUT2D eigenvalue weighted by atomic mass is 10.1. The molecule has 1 saturated heterocycles. The summed E-state index contributed by atoms with van der Waals surface area (Å²) in [4.78, 5) is 2.11. The van der Waals surface area contributed by atoms with Gasteiger partial charge in [0.05, 0.1) is 0 Å². The lowest BCUT2D eigenvalue weighted by Gasteiger charge is -2.35. The lowest BCUT2D eigenvalue weighted by molar-refractivity contribution is -0.274. The third-order valence-electron chi connectivity index (χ3n) is 2.95. The highest BCUT2D eigenvalue weighted by Crippen LogP contribution is 2.23. The molecule has 2 rings (SSSR count). The first-order chi connectivity index (χ1) is 8.44. The fraction of sp³-hybridized carbons (Fsp3) is 0.500. The van der Waals surface area contributed by atoms with Crippen LogP contribution in [0.25, 0.3) is 0 Å². The first-order valence-corrected chi connectivity index (χ1v) is 5.70. The van der Waals surface area contributed by atoms with Crippen molar-refractivity contribution in [1.82, 2.24) is 10.2 Å². The second-order valence-corrected chi connectivity index (χ2v) is 4.42. The van der Waals surface area contributed by atoms with Crippen LogP contribution in [0.1, 0.15) is 5.56 Å². The monoisotopic (exact) mass is 260 g/mol. The van der Waals surface area contributed by atoms with Gasteiger partial charge >= 0.3 is 6.36 Å². The maximum Gasteiger partial charge on any atom is 0.573 e. The van der Waals surface area contributed by atoms with Crippen molar-refractivity contribution in [1.29, 1.82) is 0 Å². The Labute approximate surface area is 104 Å². The summed E-state index contributed by atoms with van der Waals surface area (Å²) in [7, 11) is 1.96. The van der Waals surface area contributed by atoms with Crippen molar-refractivity contribution >= 4 is 0 Å². The largest absolute Gasteiger partial charge is 0.573 e. The van der Waals surface area contributed by atoms with Gasteiger partial charge in [0.15, 0.2) is 0 Å². The van der Waals surface area contributed by atoms with E-state index in [-0.39, 0.29) is 5.75 Å². The van der Waals surface area contributed by atoms with Crippen LogP contribution < -0.4 is 10.1 Å². The molecule has 6 heteroatoms. The molecule has 0 aliphatic carbocycles. The third kappa shape index (κ3) is 3.61. The van der Waals surface area contributed by atoms with E-state index in [1.807, 2.05) is 7.05 Å². The minimum Gasteiger partial charge on any atom is -0.406 e. The Balaban J connectivity index is 1.98. The fourth-order valence-electron chi connectivity index (χ4n) is 1.84. The molecule has 100 valence electrons. The van der Waals surface area contributed by atoms with Crippen LogP contribution in [0, 0.1) is 0 Å². The zero-order valence-electron chi connectivity index (χ0n) is 10.00. The molecular formula is C12H15F3N2O. The van der Waals surface area contributed by atoms with Crippen molar-refractivity contribution in [3.63, 3.8) is 0 Å². The van der Waals surface area contributed by atoms with Gasteiger partial charge in [-0.25, -0.2) is 0 Å². The normalized spacial score (nSPS) is 16.7. The molecule has 1 heterocycles. The fourth-order valence-corrected chi connectivity index (χ4v) is 1.84. The van der Waals surface area contributed by atoms with Gasteiger partial charge in [-0.2, -0.15) is 0 Å². The van der Waals surface area contributed by atoms with Crippen LogP contribution in [-0.2, 0) is 6.54 Å². The summed E-state index contributed by atoms with van der Waals surface area (Å²) >= 11 is 0. The molecule has 1 aromatic rings. The number of alkyl halides is 3. The highest BCUT2D eigenvalue weighted by atomic mass is 19.4. The molecular weight excluding hydrogens is 245 g/mol. The number of likely N-dealkylation sites (N-methyl/N-ethyl adjacent to an activating group) is 1. The number of nitrogens with one attached hydrogen (secondary N) is 1. The Hall–Kier alpha value is -1.27. The molecule has 0 unspecified atom stereocenters. The van der Waals surface area contributed by atoms with Gasteiger partial charge in [0.2, 0.25) is 0 Å². The first-order valence-electron chi connectivity index (χ1n) is 5.70. The quantitative estimate of drug-likeness (QED) is 0.896. The van der Waals surface area contributed by atoms with Crippen molar-refractivity contribution in [2.24, 2.45) is 0 Å². The number of hydrogen-bond donors (Lipinski definition) is 1. The van der Waals surface area contributed by atoms with E-state index in [0.717, 1.165) is 18.7 Å².